The molecule has 1 aromatic carbocycles. The summed E-state index contributed by atoms with van der Waals surface area (Å²) in [7, 11) is 0. The standard InChI is InChI=1S/C8H7BrClNO/c1-6(12)11(10)8-4-2-7(9)3-5-8/h2-5H,1H3. The molecule has 0 atom stereocenters. The van der Waals surface area contributed by atoms with Crippen LogP contribution >= 0.6 is 27.7 Å². The van der Waals surface area contributed by atoms with Crippen LogP contribution in [0.5, 0.6) is 0 Å². The molecule has 0 saturated heterocycles. The maximum atomic E-state index is 10.8. The largest absolute Gasteiger partial charge is 0.274 e. The van der Waals surface area contributed by atoms with E-state index in [-0.39, 0.29) is 5.91 Å². The second-order valence-corrected chi connectivity index (χ2v) is 3.53. The number of amides is 1. The highest BCUT2D eigenvalue weighted by atomic mass is 79.9. The van der Waals surface area contributed by atoms with E-state index in [2.05, 4.69) is 15.9 Å². The van der Waals surface area contributed by atoms with E-state index < -0.39 is 0 Å². The predicted octanol–water partition coefficient (Wildman–Crippen LogP) is 2.96. The minimum Gasteiger partial charge on any atom is -0.274 e. The van der Waals surface area contributed by atoms with Crippen LogP contribution in [0, 0.1) is 0 Å². The Morgan fingerprint density at radius 2 is 1.92 bits per heavy atom. The number of anilines is 1. The first-order chi connectivity index (χ1) is 5.61. The molecule has 4 heteroatoms. The lowest BCUT2D eigenvalue weighted by molar-refractivity contribution is -0.115. The molecule has 2 nitrogen and oxygen atoms in total. The topological polar surface area (TPSA) is 20.3 Å². The maximum absolute atomic E-state index is 10.8. The minimum atomic E-state index is -0.195. The Labute approximate surface area is 84.4 Å². The molecular formula is C8H7BrClNO. The zero-order valence-corrected chi connectivity index (χ0v) is 8.76. The van der Waals surface area contributed by atoms with Gasteiger partial charge in [0.05, 0.1) is 5.69 Å². The average molecular weight is 249 g/mol. The molecule has 64 valence electrons. The van der Waals surface area contributed by atoms with Gasteiger partial charge in [0.25, 0.3) is 0 Å². The first-order valence-corrected chi connectivity index (χ1v) is 4.46. The molecule has 0 N–H and O–H groups in total. The van der Waals surface area contributed by atoms with Crippen LogP contribution in [-0.4, -0.2) is 5.91 Å². The molecule has 1 aromatic rings. The molecule has 1 amide bonds. The van der Waals surface area contributed by atoms with E-state index in [0.717, 1.165) is 8.89 Å². The Morgan fingerprint density at radius 3 is 2.33 bits per heavy atom. The van der Waals surface area contributed by atoms with Crippen molar-refractivity contribution < 1.29 is 4.79 Å². The SMILES string of the molecule is CC(=O)N(Cl)c1ccc(Br)cc1. The van der Waals surface area contributed by atoms with Crippen LogP contribution in [0.25, 0.3) is 0 Å². The summed E-state index contributed by atoms with van der Waals surface area (Å²) in [6.07, 6.45) is 0. The fraction of sp³-hybridized carbons (Fsp3) is 0.125. The molecule has 0 bridgehead atoms. The third-order valence-electron chi connectivity index (χ3n) is 1.33. The molecule has 0 saturated carbocycles. The smallest absolute Gasteiger partial charge is 0.238 e. The highest BCUT2D eigenvalue weighted by Gasteiger charge is 2.06. The van der Waals surface area contributed by atoms with E-state index in [1.807, 2.05) is 12.1 Å². The van der Waals surface area contributed by atoms with Crippen LogP contribution in [0.3, 0.4) is 0 Å². The van der Waals surface area contributed by atoms with Gasteiger partial charge >= 0.3 is 0 Å². The van der Waals surface area contributed by atoms with Crippen molar-refractivity contribution in [1.29, 1.82) is 0 Å². The van der Waals surface area contributed by atoms with E-state index >= 15 is 0 Å². The quantitative estimate of drug-likeness (QED) is 0.700. The van der Waals surface area contributed by atoms with Gasteiger partial charge in [0, 0.05) is 23.2 Å². The van der Waals surface area contributed by atoms with Crippen molar-refractivity contribution in [3.63, 3.8) is 0 Å². The molecule has 0 aromatic heterocycles. The number of hydrogen-bond donors (Lipinski definition) is 0. The fourth-order valence-electron chi connectivity index (χ4n) is 0.754. The van der Waals surface area contributed by atoms with Crippen molar-refractivity contribution in [3.05, 3.63) is 28.7 Å². The van der Waals surface area contributed by atoms with Gasteiger partial charge in [0.15, 0.2) is 0 Å². The molecule has 0 spiro atoms. The lowest BCUT2D eigenvalue weighted by atomic mass is 10.3. The number of benzene rings is 1. The second-order valence-electron chi connectivity index (χ2n) is 2.28. The summed E-state index contributed by atoms with van der Waals surface area (Å²) in [5, 5.41) is 0. The number of carbonyl (C=O) groups excluding carboxylic acids is 1. The van der Waals surface area contributed by atoms with Crippen LogP contribution in [0.15, 0.2) is 28.7 Å². The average Bonchev–Trinajstić information content (AvgIpc) is 2.04. The van der Waals surface area contributed by atoms with Crippen molar-refractivity contribution >= 4 is 39.3 Å². The van der Waals surface area contributed by atoms with Gasteiger partial charge in [0.2, 0.25) is 5.91 Å². The first-order valence-electron chi connectivity index (χ1n) is 3.33. The van der Waals surface area contributed by atoms with Gasteiger partial charge in [-0.1, -0.05) is 15.9 Å². The number of nitrogens with zero attached hydrogens (tertiary/aromatic N) is 1. The highest BCUT2D eigenvalue weighted by molar-refractivity contribution is 9.10. The van der Waals surface area contributed by atoms with E-state index in [1.165, 1.54) is 6.92 Å². The van der Waals surface area contributed by atoms with Crippen LogP contribution in [0.1, 0.15) is 6.92 Å². The Balaban J connectivity index is 2.89. The van der Waals surface area contributed by atoms with Gasteiger partial charge in [-0.25, -0.2) is 4.42 Å². The van der Waals surface area contributed by atoms with Crippen molar-refractivity contribution in [1.82, 2.24) is 0 Å². The summed E-state index contributed by atoms with van der Waals surface area (Å²) in [6.45, 7) is 1.41. The summed E-state index contributed by atoms with van der Waals surface area (Å²) < 4.78 is 2.03. The minimum absolute atomic E-state index is 0.195. The van der Waals surface area contributed by atoms with E-state index in [0.29, 0.717) is 5.69 Å². The molecule has 0 aliphatic rings. The molecule has 0 aliphatic heterocycles. The zero-order valence-electron chi connectivity index (χ0n) is 6.42. The molecule has 12 heavy (non-hydrogen) atoms. The van der Waals surface area contributed by atoms with Crippen molar-refractivity contribution in [2.24, 2.45) is 0 Å². The van der Waals surface area contributed by atoms with Crippen molar-refractivity contribution in [3.8, 4) is 0 Å². The van der Waals surface area contributed by atoms with Gasteiger partial charge in [0.1, 0.15) is 0 Å². The lowest BCUT2D eigenvalue weighted by Gasteiger charge is -2.10. The van der Waals surface area contributed by atoms with Gasteiger partial charge in [-0.05, 0) is 24.3 Å². The normalized spacial score (nSPS) is 9.58. The monoisotopic (exact) mass is 247 g/mol. The Hall–Kier alpha value is -0.540. The van der Waals surface area contributed by atoms with Crippen LogP contribution in [-0.2, 0) is 4.79 Å². The summed E-state index contributed by atoms with van der Waals surface area (Å²) in [6, 6.07) is 7.18. The molecular weight excluding hydrogens is 241 g/mol. The Morgan fingerprint density at radius 1 is 1.42 bits per heavy atom. The van der Waals surface area contributed by atoms with Gasteiger partial charge in [-0.3, -0.25) is 4.79 Å². The fourth-order valence-corrected chi connectivity index (χ4v) is 1.13. The maximum Gasteiger partial charge on any atom is 0.238 e. The van der Waals surface area contributed by atoms with E-state index in [4.69, 9.17) is 11.8 Å². The Kier molecular flexibility index (Phi) is 3.12. The van der Waals surface area contributed by atoms with Gasteiger partial charge in [-0.2, -0.15) is 0 Å². The van der Waals surface area contributed by atoms with E-state index in [1.54, 1.807) is 12.1 Å². The summed E-state index contributed by atoms with van der Waals surface area (Å²) in [5.74, 6) is -0.195. The molecule has 0 radical (unpaired) electrons. The number of carbonyl (C=O) groups is 1. The van der Waals surface area contributed by atoms with Gasteiger partial charge < -0.3 is 0 Å². The van der Waals surface area contributed by atoms with Crippen molar-refractivity contribution in [2.75, 3.05) is 4.42 Å². The number of hydrogen-bond acceptors (Lipinski definition) is 1. The predicted molar refractivity (Wildman–Crippen MR) is 53.2 cm³/mol. The van der Waals surface area contributed by atoms with E-state index in [9.17, 15) is 4.79 Å². The first kappa shape index (κ1) is 9.55. The van der Waals surface area contributed by atoms with Crippen LogP contribution in [0.4, 0.5) is 5.69 Å². The highest BCUT2D eigenvalue weighted by Crippen LogP contribution is 2.19. The zero-order chi connectivity index (χ0) is 9.14. The molecule has 0 heterocycles. The molecule has 0 aliphatic carbocycles. The molecule has 0 fully saturated rings. The second kappa shape index (κ2) is 3.92. The summed E-state index contributed by atoms with van der Waals surface area (Å²) in [4.78, 5) is 10.8. The van der Waals surface area contributed by atoms with Gasteiger partial charge in [-0.15, -0.1) is 0 Å². The number of halogens is 2. The summed E-state index contributed by atoms with van der Waals surface area (Å²) in [5.41, 5.74) is 0.673. The van der Waals surface area contributed by atoms with Crippen molar-refractivity contribution in [2.45, 2.75) is 6.92 Å². The lowest BCUT2D eigenvalue weighted by Crippen LogP contribution is -2.15. The third kappa shape index (κ3) is 2.22. The molecule has 1 rings (SSSR count). The Bertz CT molecular complexity index is 286. The van der Waals surface area contributed by atoms with Crippen LogP contribution in [0.2, 0.25) is 0 Å². The number of rotatable bonds is 1. The third-order valence-corrected chi connectivity index (χ3v) is 2.29. The summed E-state index contributed by atoms with van der Waals surface area (Å²) >= 11 is 8.95. The van der Waals surface area contributed by atoms with Crippen LogP contribution < -0.4 is 4.42 Å². The molecule has 0 unspecified atom stereocenters.